The molecule has 0 unspecified atom stereocenters. The lowest BCUT2D eigenvalue weighted by Gasteiger charge is -2.58. The highest BCUT2D eigenvalue weighted by molar-refractivity contribution is 6.30. The molecule has 1 saturated heterocycles. The van der Waals surface area contributed by atoms with Crippen LogP contribution in [0.2, 0.25) is 5.02 Å². The molecule has 2 aromatic rings. The van der Waals surface area contributed by atoms with E-state index in [1.165, 1.54) is 24.1 Å². The van der Waals surface area contributed by atoms with E-state index in [2.05, 4.69) is 36.7 Å². The SMILES string of the molecule is O=C(C1CC1)N1CC2(CC(c3nnc4n3-c3ccc(Cl)cc3CN(C3CC3)C4)C2)C1. The van der Waals surface area contributed by atoms with E-state index in [1.807, 2.05) is 6.07 Å². The normalized spacial score (nSPS) is 25.3. The zero-order valence-electron chi connectivity index (χ0n) is 17.1. The molecule has 1 amide bonds. The molecule has 6 nitrogen and oxygen atoms in total. The number of benzene rings is 1. The Kier molecular flexibility index (Phi) is 3.59. The van der Waals surface area contributed by atoms with Gasteiger partial charge in [0.05, 0.1) is 12.2 Å². The molecule has 1 spiro atoms. The summed E-state index contributed by atoms with van der Waals surface area (Å²) < 4.78 is 2.32. The van der Waals surface area contributed by atoms with Crippen LogP contribution in [0.4, 0.5) is 0 Å². The highest BCUT2D eigenvalue weighted by atomic mass is 35.5. The fourth-order valence-corrected chi connectivity index (χ4v) is 6.14. The molecule has 30 heavy (non-hydrogen) atoms. The molecule has 5 aliphatic rings. The van der Waals surface area contributed by atoms with Gasteiger partial charge in [-0.2, -0.15) is 0 Å². The maximum Gasteiger partial charge on any atom is 0.225 e. The van der Waals surface area contributed by atoms with Gasteiger partial charge in [0, 0.05) is 47.9 Å². The third kappa shape index (κ3) is 2.69. The van der Waals surface area contributed by atoms with Crippen LogP contribution >= 0.6 is 11.6 Å². The fourth-order valence-electron chi connectivity index (χ4n) is 5.95. The van der Waals surface area contributed by atoms with E-state index in [0.29, 0.717) is 29.2 Å². The Morgan fingerprint density at radius 1 is 1.07 bits per heavy atom. The molecule has 2 aliphatic heterocycles. The summed E-state index contributed by atoms with van der Waals surface area (Å²) in [4.78, 5) is 16.9. The van der Waals surface area contributed by atoms with Gasteiger partial charge in [-0.25, -0.2) is 0 Å². The molecule has 1 aromatic heterocycles. The third-order valence-corrected chi connectivity index (χ3v) is 8.07. The van der Waals surface area contributed by atoms with E-state index in [-0.39, 0.29) is 0 Å². The minimum Gasteiger partial charge on any atom is -0.341 e. The standard InChI is InChI=1S/C23H26ClN5O/c24-17-3-6-19-15(7-17)10-27(18-4-5-18)11-20-25-26-21(29(19)20)16-8-23(9-16)12-28(13-23)22(30)14-1-2-14/h3,6-7,14,16,18H,1-2,4-5,8-13H2. The molecule has 0 radical (unpaired) electrons. The van der Waals surface area contributed by atoms with Crippen LogP contribution in [0.1, 0.15) is 61.7 Å². The monoisotopic (exact) mass is 423 g/mol. The maximum atomic E-state index is 12.3. The van der Waals surface area contributed by atoms with Gasteiger partial charge in [0.25, 0.3) is 0 Å². The second kappa shape index (κ2) is 6.07. The van der Waals surface area contributed by atoms with E-state index >= 15 is 0 Å². The third-order valence-electron chi connectivity index (χ3n) is 7.83. The smallest absolute Gasteiger partial charge is 0.225 e. The van der Waals surface area contributed by atoms with Crippen molar-refractivity contribution in [3.8, 4) is 5.69 Å². The number of amides is 1. The van der Waals surface area contributed by atoms with Gasteiger partial charge in [0.2, 0.25) is 5.91 Å². The number of carbonyl (C=O) groups excluding carboxylic acids is 1. The summed E-state index contributed by atoms with van der Waals surface area (Å²) in [5, 5.41) is 10.1. The minimum absolute atomic E-state index is 0.329. The van der Waals surface area contributed by atoms with Crippen LogP contribution in [0.3, 0.4) is 0 Å². The highest BCUT2D eigenvalue weighted by Crippen LogP contribution is 2.56. The van der Waals surface area contributed by atoms with Gasteiger partial charge in [-0.05, 0) is 62.3 Å². The minimum atomic E-state index is 0.329. The summed E-state index contributed by atoms with van der Waals surface area (Å²) in [6.07, 6.45) is 6.98. The van der Waals surface area contributed by atoms with Gasteiger partial charge in [-0.15, -0.1) is 10.2 Å². The molecular formula is C23H26ClN5O. The van der Waals surface area contributed by atoms with Crippen molar-refractivity contribution in [2.75, 3.05) is 13.1 Å². The highest BCUT2D eigenvalue weighted by Gasteiger charge is 2.56. The molecule has 156 valence electrons. The van der Waals surface area contributed by atoms with Crippen LogP contribution in [0.5, 0.6) is 0 Å². The number of carbonyl (C=O) groups is 1. The number of hydrogen-bond donors (Lipinski definition) is 0. The number of nitrogens with zero attached hydrogens (tertiary/aromatic N) is 5. The van der Waals surface area contributed by atoms with Crippen molar-refractivity contribution >= 4 is 17.5 Å². The topological polar surface area (TPSA) is 54.3 Å². The molecule has 0 atom stereocenters. The molecule has 3 saturated carbocycles. The first kappa shape index (κ1) is 17.7. The number of fused-ring (bicyclic) bond motifs is 3. The molecule has 1 aromatic carbocycles. The molecule has 7 rings (SSSR count). The lowest BCUT2D eigenvalue weighted by atomic mass is 9.57. The average molecular weight is 424 g/mol. The molecule has 4 fully saturated rings. The van der Waals surface area contributed by atoms with Gasteiger partial charge < -0.3 is 4.90 Å². The Hall–Kier alpha value is -1.92. The molecule has 0 bridgehead atoms. The van der Waals surface area contributed by atoms with Crippen molar-refractivity contribution in [2.24, 2.45) is 11.3 Å². The maximum absolute atomic E-state index is 12.3. The summed E-state index contributed by atoms with van der Waals surface area (Å²) in [5.41, 5.74) is 2.79. The first-order valence-corrected chi connectivity index (χ1v) is 11.7. The Bertz CT molecular complexity index is 1040. The Morgan fingerprint density at radius 3 is 2.60 bits per heavy atom. The molecule has 7 heteroatoms. The predicted molar refractivity (Wildman–Crippen MR) is 112 cm³/mol. The van der Waals surface area contributed by atoms with Crippen LogP contribution in [0.25, 0.3) is 5.69 Å². The summed E-state index contributed by atoms with van der Waals surface area (Å²) in [5.74, 6) is 3.32. The Morgan fingerprint density at radius 2 is 1.87 bits per heavy atom. The predicted octanol–water partition coefficient (Wildman–Crippen LogP) is 3.51. The fraction of sp³-hybridized carbons (Fsp3) is 0.609. The molecule has 0 N–H and O–H groups in total. The van der Waals surface area contributed by atoms with Crippen LogP contribution in [-0.4, -0.2) is 49.6 Å². The summed E-state index contributed by atoms with van der Waals surface area (Å²) in [6, 6.07) is 6.90. The van der Waals surface area contributed by atoms with E-state index in [9.17, 15) is 4.79 Å². The van der Waals surface area contributed by atoms with E-state index in [1.54, 1.807) is 0 Å². The summed E-state index contributed by atoms with van der Waals surface area (Å²) in [7, 11) is 0. The first-order valence-electron chi connectivity index (χ1n) is 11.3. The van der Waals surface area contributed by atoms with Crippen LogP contribution in [0.15, 0.2) is 18.2 Å². The van der Waals surface area contributed by atoms with Gasteiger partial charge in [0.15, 0.2) is 5.82 Å². The Balaban J connectivity index is 1.16. The second-order valence-corrected chi connectivity index (χ2v) is 10.7. The van der Waals surface area contributed by atoms with Crippen molar-refractivity contribution in [1.82, 2.24) is 24.6 Å². The second-order valence-electron chi connectivity index (χ2n) is 10.3. The van der Waals surface area contributed by atoms with Gasteiger partial charge in [-0.3, -0.25) is 14.3 Å². The van der Waals surface area contributed by atoms with Gasteiger partial charge in [0.1, 0.15) is 5.82 Å². The van der Waals surface area contributed by atoms with Crippen molar-refractivity contribution < 1.29 is 4.79 Å². The van der Waals surface area contributed by atoms with E-state index in [4.69, 9.17) is 11.6 Å². The quantitative estimate of drug-likeness (QED) is 0.758. The number of hydrogen-bond acceptors (Lipinski definition) is 4. The lowest BCUT2D eigenvalue weighted by molar-refractivity contribution is -0.153. The zero-order chi connectivity index (χ0) is 20.0. The molecular weight excluding hydrogens is 398 g/mol. The molecule has 3 aliphatic carbocycles. The Labute approximate surface area is 181 Å². The van der Waals surface area contributed by atoms with E-state index < -0.39 is 0 Å². The average Bonchev–Trinajstić information content (AvgIpc) is 3.56. The van der Waals surface area contributed by atoms with Crippen molar-refractivity contribution in [3.05, 3.63) is 40.4 Å². The van der Waals surface area contributed by atoms with Crippen molar-refractivity contribution in [3.63, 3.8) is 0 Å². The number of rotatable bonds is 3. The number of likely N-dealkylation sites (tertiary alicyclic amines) is 1. The van der Waals surface area contributed by atoms with Crippen LogP contribution in [0, 0.1) is 11.3 Å². The van der Waals surface area contributed by atoms with Gasteiger partial charge >= 0.3 is 0 Å². The van der Waals surface area contributed by atoms with Crippen LogP contribution in [-0.2, 0) is 17.9 Å². The summed E-state index contributed by atoms with van der Waals surface area (Å²) in [6.45, 7) is 3.67. The first-order chi connectivity index (χ1) is 14.6. The number of aromatic nitrogens is 3. The van der Waals surface area contributed by atoms with E-state index in [0.717, 1.165) is 68.5 Å². The van der Waals surface area contributed by atoms with Crippen molar-refractivity contribution in [1.29, 1.82) is 0 Å². The largest absolute Gasteiger partial charge is 0.341 e. The van der Waals surface area contributed by atoms with Crippen molar-refractivity contribution in [2.45, 2.75) is 63.6 Å². The molecule has 3 heterocycles. The van der Waals surface area contributed by atoms with Crippen LogP contribution < -0.4 is 0 Å². The zero-order valence-corrected chi connectivity index (χ0v) is 17.8. The summed E-state index contributed by atoms with van der Waals surface area (Å²) >= 11 is 6.35. The van der Waals surface area contributed by atoms with Gasteiger partial charge in [-0.1, -0.05) is 11.6 Å². The number of halogens is 1. The lowest BCUT2D eigenvalue weighted by Crippen LogP contribution is -2.63.